The fourth-order valence-electron chi connectivity index (χ4n) is 4.69. The molecule has 0 radical (unpaired) electrons. The summed E-state index contributed by atoms with van der Waals surface area (Å²) in [6.07, 6.45) is 12.0. The molecule has 1 saturated heterocycles. The Bertz CT molecular complexity index is 792. The van der Waals surface area contributed by atoms with Crippen LogP contribution in [0.5, 0.6) is 5.75 Å². The van der Waals surface area contributed by atoms with E-state index in [0.29, 0.717) is 19.2 Å². The van der Waals surface area contributed by atoms with Gasteiger partial charge in [0.25, 0.3) is 0 Å². The zero-order valence-corrected chi connectivity index (χ0v) is 17.9. The second kappa shape index (κ2) is 10.6. The lowest BCUT2D eigenvalue weighted by molar-refractivity contribution is -0.132. The van der Waals surface area contributed by atoms with E-state index < -0.39 is 0 Å². The largest absolute Gasteiger partial charge is 0.492 e. The molecule has 2 aliphatic rings. The second-order valence-electron chi connectivity index (χ2n) is 8.51. The predicted octanol–water partition coefficient (Wildman–Crippen LogP) is 3.37. The number of aryl methyl sites for hydroxylation is 1. The van der Waals surface area contributed by atoms with E-state index >= 15 is 0 Å². The molecule has 1 aromatic heterocycles. The minimum Gasteiger partial charge on any atom is -0.492 e. The van der Waals surface area contributed by atoms with Gasteiger partial charge < -0.3 is 14.5 Å². The number of hydrogen-bond acceptors (Lipinski definition) is 4. The van der Waals surface area contributed by atoms with Gasteiger partial charge >= 0.3 is 0 Å². The maximum absolute atomic E-state index is 12.9. The van der Waals surface area contributed by atoms with Crippen LogP contribution in [-0.2, 0) is 17.8 Å². The van der Waals surface area contributed by atoms with Crippen LogP contribution in [0.3, 0.4) is 0 Å². The third-order valence-electron chi connectivity index (χ3n) is 6.38. The van der Waals surface area contributed by atoms with E-state index in [-0.39, 0.29) is 12.5 Å². The molecule has 0 spiro atoms. The zero-order valence-electron chi connectivity index (χ0n) is 17.9. The first-order valence-corrected chi connectivity index (χ1v) is 11.5. The van der Waals surface area contributed by atoms with Crippen molar-refractivity contribution in [1.82, 2.24) is 19.6 Å². The molecule has 2 aliphatic heterocycles. The van der Waals surface area contributed by atoms with E-state index in [1.807, 2.05) is 23.2 Å². The van der Waals surface area contributed by atoms with Crippen molar-refractivity contribution < 1.29 is 9.53 Å². The van der Waals surface area contributed by atoms with Crippen LogP contribution < -0.4 is 4.74 Å². The van der Waals surface area contributed by atoms with Gasteiger partial charge in [-0.1, -0.05) is 18.6 Å². The number of hydrogen-bond donors (Lipinski definition) is 0. The van der Waals surface area contributed by atoms with Crippen LogP contribution in [0.4, 0.5) is 0 Å². The van der Waals surface area contributed by atoms with Gasteiger partial charge in [0, 0.05) is 25.0 Å². The number of carbonyl (C=O) groups is 1. The summed E-state index contributed by atoms with van der Waals surface area (Å²) in [5, 5.41) is 4.18. The molecule has 162 valence electrons. The molecular formula is C24H34N4O2. The van der Waals surface area contributed by atoms with Crippen molar-refractivity contribution in [2.75, 3.05) is 32.8 Å². The summed E-state index contributed by atoms with van der Waals surface area (Å²) < 4.78 is 7.71. The molecule has 1 unspecified atom stereocenters. The molecule has 1 amide bonds. The lowest BCUT2D eigenvalue weighted by Crippen LogP contribution is -2.41. The summed E-state index contributed by atoms with van der Waals surface area (Å²) in [6, 6.07) is 11.0. The summed E-state index contributed by atoms with van der Waals surface area (Å²) in [6.45, 7) is 4.55. The fraction of sp³-hybridized carbons (Fsp3) is 0.583. The van der Waals surface area contributed by atoms with E-state index in [2.05, 4.69) is 28.2 Å². The number of aromatic nitrogens is 2. The number of ether oxygens (including phenoxy) is 1. The Hall–Kier alpha value is -2.34. The molecule has 3 heterocycles. The number of amides is 1. The van der Waals surface area contributed by atoms with E-state index in [1.54, 1.807) is 10.9 Å². The molecule has 0 aliphatic carbocycles. The van der Waals surface area contributed by atoms with Gasteiger partial charge in [0.2, 0.25) is 5.91 Å². The van der Waals surface area contributed by atoms with E-state index in [1.165, 1.54) is 37.8 Å². The standard InChI is InChI=1S/C24H34N4O2/c29-24(20-28-16-6-12-25-28)27-15-4-3-14-26-13-2-1-8-22(26)11-10-21-7-5-9-23(19-21)30-18-17-27/h5-7,9,12,16,19,22H,1-4,8,10-11,13-15,17-18,20H2. The third-order valence-corrected chi connectivity index (χ3v) is 6.38. The van der Waals surface area contributed by atoms with Crippen LogP contribution in [0.2, 0.25) is 0 Å². The van der Waals surface area contributed by atoms with Crippen molar-refractivity contribution in [2.45, 2.75) is 57.5 Å². The van der Waals surface area contributed by atoms with Crippen molar-refractivity contribution in [3.8, 4) is 5.75 Å². The first-order valence-electron chi connectivity index (χ1n) is 11.5. The molecule has 1 aromatic carbocycles. The SMILES string of the molecule is O=C(Cn1cccn1)N1CCCCN2CCCCC2CCc2cccc(c2)OCC1. The molecule has 6 nitrogen and oxygen atoms in total. The summed E-state index contributed by atoms with van der Waals surface area (Å²) in [4.78, 5) is 17.5. The van der Waals surface area contributed by atoms with Gasteiger partial charge in [-0.3, -0.25) is 9.48 Å². The Morgan fingerprint density at radius 1 is 1.03 bits per heavy atom. The van der Waals surface area contributed by atoms with Gasteiger partial charge in [-0.2, -0.15) is 5.10 Å². The molecule has 4 rings (SSSR count). The van der Waals surface area contributed by atoms with Crippen molar-refractivity contribution in [3.63, 3.8) is 0 Å². The summed E-state index contributed by atoms with van der Waals surface area (Å²) in [7, 11) is 0. The molecular weight excluding hydrogens is 376 g/mol. The summed E-state index contributed by atoms with van der Waals surface area (Å²) in [5.74, 6) is 1.01. The summed E-state index contributed by atoms with van der Waals surface area (Å²) in [5.41, 5.74) is 1.35. The molecule has 1 fully saturated rings. The van der Waals surface area contributed by atoms with Gasteiger partial charge in [-0.25, -0.2) is 0 Å². The normalized spacial score (nSPS) is 21.7. The molecule has 1 atom stereocenters. The minimum atomic E-state index is 0.108. The predicted molar refractivity (Wildman–Crippen MR) is 118 cm³/mol. The van der Waals surface area contributed by atoms with Crippen LogP contribution >= 0.6 is 0 Å². The fourth-order valence-corrected chi connectivity index (χ4v) is 4.69. The Kier molecular flexibility index (Phi) is 7.40. The van der Waals surface area contributed by atoms with Gasteiger partial charge in [0.05, 0.1) is 6.54 Å². The maximum atomic E-state index is 12.9. The smallest absolute Gasteiger partial charge is 0.244 e. The monoisotopic (exact) mass is 410 g/mol. The van der Waals surface area contributed by atoms with E-state index in [0.717, 1.165) is 38.1 Å². The number of rotatable bonds is 2. The van der Waals surface area contributed by atoms with E-state index in [9.17, 15) is 4.79 Å². The quantitative estimate of drug-likeness (QED) is 0.762. The molecule has 30 heavy (non-hydrogen) atoms. The van der Waals surface area contributed by atoms with Gasteiger partial charge in [-0.05, 0) is 75.4 Å². The molecule has 2 bridgehead atoms. The van der Waals surface area contributed by atoms with Gasteiger partial charge in [-0.15, -0.1) is 0 Å². The average molecular weight is 411 g/mol. The second-order valence-corrected chi connectivity index (χ2v) is 8.51. The first kappa shape index (κ1) is 20.9. The average Bonchev–Trinajstić information content (AvgIpc) is 3.27. The van der Waals surface area contributed by atoms with Crippen molar-refractivity contribution in [1.29, 1.82) is 0 Å². The van der Waals surface area contributed by atoms with Crippen LogP contribution in [0, 0.1) is 0 Å². The molecule has 0 N–H and O–H groups in total. The Balaban J connectivity index is 1.44. The highest BCUT2D eigenvalue weighted by molar-refractivity contribution is 5.75. The van der Waals surface area contributed by atoms with E-state index in [4.69, 9.17) is 4.74 Å². The minimum absolute atomic E-state index is 0.108. The highest BCUT2D eigenvalue weighted by Crippen LogP contribution is 2.23. The number of fused-ring (bicyclic) bond motifs is 3. The lowest BCUT2D eigenvalue weighted by atomic mass is 9.95. The molecule has 2 aromatic rings. The third kappa shape index (κ3) is 5.85. The number of carbonyl (C=O) groups excluding carboxylic acids is 1. The van der Waals surface area contributed by atoms with Crippen LogP contribution in [0.1, 0.15) is 44.1 Å². The van der Waals surface area contributed by atoms with Crippen LogP contribution in [-0.4, -0.2) is 64.3 Å². The van der Waals surface area contributed by atoms with Crippen molar-refractivity contribution >= 4 is 5.91 Å². The van der Waals surface area contributed by atoms with Crippen LogP contribution in [0.25, 0.3) is 0 Å². The molecule has 0 saturated carbocycles. The van der Waals surface area contributed by atoms with Gasteiger partial charge in [0.15, 0.2) is 0 Å². The van der Waals surface area contributed by atoms with Crippen LogP contribution in [0.15, 0.2) is 42.7 Å². The Morgan fingerprint density at radius 2 is 1.90 bits per heavy atom. The highest BCUT2D eigenvalue weighted by atomic mass is 16.5. The zero-order chi connectivity index (χ0) is 20.6. The maximum Gasteiger partial charge on any atom is 0.244 e. The number of benzene rings is 1. The lowest BCUT2D eigenvalue weighted by Gasteiger charge is -2.36. The van der Waals surface area contributed by atoms with Crippen molar-refractivity contribution in [2.24, 2.45) is 0 Å². The Morgan fingerprint density at radius 3 is 2.77 bits per heavy atom. The topological polar surface area (TPSA) is 50.6 Å². The summed E-state index contributed by atoms with van der Waals surface area (Å²) >= 11 is 0. The number of piperidine rings is 1. The highest BCUT2D eigenvalue weighted by Gasteiger charge is 2.22. The number of nitrogens with zero attached hydrogens (tertiary/aromatic N) is 4. The molecule has 6 heteroatoms. The Labute approximate surface area is 179 Å². The van der Waals surface area contributed by atoms with Crippen molar-refractivity contribution in [3.05, 3.63) is 48.3 Å². The first-order chi connectivity index (χ1) is 14.8. The van der Waals surface area contributed by atoms with Gasteiger partial charge in [0.1, 0.15) is 18.9 Å².